The highest BCUT2D eigenvalue weighted by molar-refractivity contribution is 7.21. The summed E-state index contributed by atoms with van der Waals surface area (Å²) in [6.45, 7) is 1.29. The van der Waals surface area contributed by atoms with Crippen molar-refractivity contribution in [3.8, 4) is 0 Å². The van der Waals surface area contributed by atoms with Crippen LogP contribution in [0, 0.1) is 5.82 Å². The van der Waals surface area contributed by atoms with E-state index in [0.717, 1.165) is 0 Å². The van der Waals surface area contributed by atoms with Crippen LogP contribution in [0.2, 0.25) is 0 Å². The van der Waals surface area contributed by atoms with Crippen molar-refractivity contribution in [2.75, 3.05) is 4.90 Å². The molecule has 3 heterocycles. The molecule has 2 aromatic heterocycles. The van der Waals surface area contributed by atoms with Crippen molar-refractivity contribution in [1.82, 2.24) is 4.98 Å². The zero-order chi connectivity index (χ0) is 15.3. The molecule has 0 aliphatic carbocycles. The third-order valence-corrected chi connectivity index (χ3v) is 5.04. The Morgan fingerprint density at radius 1 is 1.23 bits per heavy atom. The average molecular weight is 313 g/mol. The normalized spacial score (nSPS) is 13.6. The summed E-state index contributed by atoms with van der Waals surface area (Å²) in [5, 5.41) is 0.432. The van der Waals surface area contributed by atoms with E-state index in [2.05, 4.69) is 4.98 Å². The summed E-state index contributed by atoms with van der Waals surface area (Å²) in [7, 11) is 0. The molecule has 4 nitrogen and oxygen atoms in total. The molecule has 0 spiro atoms. The highest BCUT2D eigenvalue weighted by atomic mass is 32.1. The number of carbonyl (C=O) groups excluding carboxylic acids is 1. The first-order valence-corrected chi connectivity index (χ1v) is 7.64. The maximum Gasteiger partial charge on any atom is 0.260 e. The fourth-order valence-corrected chi connectivity index (χ4v) is 4.01. The van der Waals surface area contributed by atoms with Crippen LogP contribution >= 0.6 is 11.3 Å². The van der Waals surface area contributed by atoms with E-state index in [1.807, 2.05) is 29.2 Å². The summed E-state index contributed by atoms with van der Waals surface area (Å²) in [6, 6.07) is 8.05. The van der Waals surface area contributed by atoms with Crippen LogP contribution in [-0.2, 0) is 13.1 Å². The van der Waals surface area contributed by atoms with Gasteiger partial charge in [-0.2, -0.15) is 0 Å². The number of nitrogens with two attached hydrogens (primary N) is 1. The molecule has 22 heavy (non-hydrogen) atoms. The van der Waals surface area contributed by atoms with Gasteiger partial charge in [-0.25, -0.2) is 4.39 Å². The smallest absolute Gasteiger partial charge is 0.260 e. The molecule has 4 rings (SSSR count). The molecule has 110 valence electrons. The lowest BCUT2D eigenvalue weighted by molar-refractivity contribution is 0.100. The van der Waals surface area contributed by atoms with Gasteiger partial charge >= 0.3 is 0 Å². The van der Waals surface area contributed by atoms with Crippen LogP contribution in [0.3, 0.4) is 0 Å². The van der Waals surface area contributed by atoms with Gasteiger partial charge in [0.15, 0.2) is 5.82 Å². The number of nitrogens with zero attached hydrogens (tertiary/aromatic N) is 2. The SMILES string of the molecule is NC(=O)c1sc2cncc(F)c2c1N1Cc2ccccc2C1. The van der Waals surface area contributed by atoms with Gasteiger partial charge in [0.2, 0.25) is 0 Å². The molecule has 1 aliphatic heterocycles. The van der Waals surface area contributed by atoms with Gasteiger partial charge in [0.05, 0.1) is 22.0 Å². The molecule has 2 N–H and O–H groups in total. The number of hydrogen-bond acceptors (Lipinski definition) is 4. The van der Waals surface area contributed by atoms with E-state index in [9.17, 15) is 9.18 Å². The van der Waals surface area contributed by atoms with Crippen LogP contribution in [-0.4, -0.2) is 10.9 Å². The molecular weight excluding hydrogens is 301 g/mol. The summed E-state index contributed by atoms with van der Waals surface area (Å²) in [5.74, 6) is -0.959. The monoisotopic (exact) mass is 313 g/mol. The molecule has 3 aromatic rings. The zero-order valence-electron chi connectivity index (χ0n) is 11.5. The van der Waals surface area contributed by atoms with Crippen LogP contribution in [0.1, 0.15) is 20.8 Å². The largest absolute Gasteiger partial charge is 0.365 e. The van der Waals surface area contributed by atoms with E-state index in [-0.39, 0.29) is 0 Å². The van der Waals surface area contributed by atoms with Crippen LogP contribution in [0.15, 0.2) is 36.7 Å². The van der Waals surface area contributed by atoms with Crippen LogP contribution < -0.4 is 10.6 Å². The second-order valence-electron chi connectivity index (χ2n) is 5.26. The molecule has 6 heteroatoms. The zero-order valence-corrected chi connectivity index (χ0v) is 12.4. The Hall–Kier alpha value is -2.47. The maximum absolute atomic E-state index is 14.3. The van der Waals surface area contributed by atoms with Crippen molar-refractivity contribution in [2.45, 2.75) is 13.1 Å². The highest BCUT2D eigenvalue weighted by Gasteiger charge is 2.28. The van der Waals surface area contributed by atoms with E-state index in [1.165, 1.54) is 28.7 Å². The van der Waals surface area contributed by atoms with E-state index >= 15 is 0 Å². The lowest BCUT2D eigenvalue weighted by Gasteiger charge is -2.18. The lowest BCUT2D eigenvalue weighted by atomic mass is 10.1. The number of carbonyl (C=O) groups is 1. The molecule has 1 aliphatic rings. The van der Waals surface area contributed by atoms with Crippen molar-refractivity contribution in [2.24, 2.45) is 5.73 Å². The predicted octanol–water partition coefficient (Wildman–Crippen LogP) is 3.05. The number of benzene rings is 1. The van der Waals surface area contributed by atoms with Crippen LogP contribution in [0.25, 0.3) is 10.1 Å². The molecule has 1 aromatic carbocycles. The Kier molecular flexibility index (Phi) is 2.87. The topological polar surface area (TPSA) is 59.2 Å². The molecule has 0 bridgehead atoms. The number of halogens is 1. The van der Waals surface area contributed by atoms with Crippen molar-refractivity contribution in [1.29, 1.82) is 0 Å². The van der Waals surface area contributed by atoms with E-state index < -0.39 is 11.7 Å². The first-order chi connectivity index (χ1) is 10.6. The van der Waals surface area contributed by atoms with Gasteiger partial charge in [-0.15, -0.1) is 11.3 Å². The molecule has 0 saturated heterocycles. The molecule has 0 unspecified atom stereocenters. The number of aromatic nitrogens is 1. The fraction of sp³-hybridized carbons (Fsp3) is 0.125. The Morgan fingerprint density at radius 3 is 2.55 bits per heavy atom. The van der Waals surface area contributed by atoms with Crippen molar-refractivity contribution in [3.05, 3.63) is 58.5 Å². The number of fused-ring (bicyclic) bond motifs is 2. The van der Waals surface area contributed by atoms with Crippen molar-refractivity contribution >= 4 is 33.0 Å². The number of anilines is 1. The van der Waals surface area contributed by atoms with E-state index in [0.29, 0.717) is 33.7 Å². The number of rotatable bonds is 2. The minimum Gasteiger partial charge on any atom is -0.365 e. The Balaban J connectivity index is 1.92. The molecule has 0 saturated carbocycles. The Morgan fingerprint density at radius 2 is 1.91 bits per heavy atom. The number of amides is 1. The van der Waals surface area contributed by atoms with Crippen LogP contribution in [0.5, 0.6) is 0 Å². The van der Waals surface area contributed by atoms with Gasteiger partial charge in [0.25, 0.3) is 5.91 Å². The fourth-order valence-electron chi connectivity index (χ4n) is 2.96. The number of pyridine rings is 1. The third-order valence-electron chi connectivity index (χ3n) is 3.91. The van der Waals surface area contributed by atoms with Gasteiger partial charge in [0, 0.05) is 19.3 Å². The van der Waals surface area contributed by atoms with E-state index in [1.54, 1.807) is 6.20 Å². The summed E-state index contributed by atoms with van der Waals surface area (Å²) in [5.41, 5.74) is 8.46. The number of primary amides is 1. The summed E-state index contributed by atoms with van der Waals surface area (Å²) >= 11 is 1.19. The second-order valence-corrected chi connectivity index (χ2v) is 6.32. The quantitative estimate of drug-likeness (QED) is 0.791. The van der Waals surface area contributed by atoms with Crippen LogP contribution in [0.4, 0.5) is 10.1 Å². The predicted molar refractivity (Wildman–Crippen MR) is 84.4 cm³/mol. The molecular formula is C16H12FN3OS. The van der Waals surface area contributed by atoms with E-state index in [4.69, 9.17) is 5.73 Å². The minimum atomic E-state index is -0.536. The van der Waals surface area contributed by atoms with Crippen molar-refractivity contribution in [3.63, 3.8) is 0 Å². The van der Waals surface area contributed by atoms with Gasteiger partial charge in [-0.1, -0.05) is 24.3 Å². The van der Waals surface area contributed by atoms with Gasteiger partial charge in [-0.3, -0.25) is 9.78 Å². The van der Waals surface area contributed by atoms with Gasteiger partial charge < -0.3 is 10.6 Å². The summed E-state index contributed by atoms with van der Waals surface area (Å²) < 4.78 is 14.9. The van der Waals surface area contributed by atoms with Gasteiger partial charge in [-0.05, 0) is 11.1 Å². The Labute approximate surface area is 130 Å². The minimum absolute atomic E-state index is 0.384. The molecule has 1 amide bonds. The first kappa shape index (κ1) is 13.2. The second kappa shape index (κ2) is 4.78. The highest BCUT2D eigenvalue weighted by Crippen LogP contribution is 2.42. The Bertz CT molecular complexity index is 881. The van der Waals surface area contributed by atoms with Crippen molar-refractivity contribution < 1.29 is 9.18 Å². The molecule has 0 atom stereocenters. The number of thiophene rings is 1. The average Bonchev–Trinajstić information content (AvgIpc) is 3.08. The standard InChI is InChI=1S/C16H12FN3OS/c17-11-5-19-6-12-13(11)14(15(22-12)16(18)21)20-7-9-3-1-2-4-10(9)8-20/h1-6H,7-8H2,(H2,18,21). The first-order valence-electron chi connectivity index (χ1n) is 6.82. The maximum atomic E-state index is 14.3. The summed E-state index contributed by atoms with van der Waals surface area (Å²) in [4.78, 5) is 18.0. The molecule has 0 radical (unpaired) electrons. The third kappa shape index (κ3) is 1.88. The lowest BCUT2D eigenvalue weighted by Crippen LogP contribution is -2.19. The number of hydrogen-bond donors (Lipinski definition) is 1. The van der Waals surface area contributed by atoms with Gasteiger partial charge in [0.1, 0.15) is 4.88 Å². The molecule has 0 fully saturated rings. The summed E-state index contributed by atoms with van der Waals surface area (Å²) in [6.07, 6.45) is 2.74.